The van der Waals surface area contributed by atoms with Crippen LogP contribution in [-0.4, -0.2) is 9.97 Å². The van der Waals surface area contributed by atoms with Gasteiger partial charge in [0.25, 0.3) is 0 Å². The maximum Gasteiger partial charge on any atom is 0.159 e. The molecule has 2 heterocycles. The maximum absolute atomic E-state index is 4.53. The zero-order chi connectivity index (χ0) is 12.9. The summed E-state index contributed by atoms with van der Waals surface area (Å²) in [5.41, 5.74) is 2.97. The molecule has 0 N–H and O–H groups in total. The largest absolute Gasteiger partial charge is 0.237 e. The monoisotopic (exact) mass is 248 g/mol. The van der Waals surface area contributed by atoms with Gasteiger partial charge in [-0.25, -0.2) is 15.3 Å². The molecule has 0 amide bonds. The first-order valence-corrected chi connectivity index (χ1v) is 6.30. The maximum atomic E-state index is 4.53. The number of fused-ring (bicyclic) bond motifs is 1. The van der Waals surface area contributed by atoms with Gasteiger partial charge in [-0.05, 0) is 29.8 Å². The number of hydrogen-bond acceptors (Lipinski definition) is 2. The Morgan fingerprint density at radius 1 is 0.842 bits per heavy atom. The van der Waals surface area contributed by atoms with Gasteiger partial charge >= 0.3 is 0 Å². The molecule has 0 fully saturated rings. The van der Waals surface area contributed by atoms with E-state index in [1.165, 1.54) is 5.56 Å². The van der Waals surface area contributed by atoms with Gasteiger partial charge in [-0.15, -0.1) is 0 Å². The van der Waals surface area contributed by atoms with E-state index in [0.717, 1.165) is 23.3 Å². The van der Waals surface area contributed by atoms with Gasteiger partial charge in [0.15, 0.2) is 5.65 Å². The summed E-state index contributed by atoms with van der Waals surface area (Å²) in [5.74, 6) is 0. The zero-order valence-corrected chi connectivity index (χ0v) is 10.5. The topological polar surface area (TPSA) is 39.9 Å². The Bertz CT molecular complexity index is 665. The fourth-order valence-corrected chi connectivity index (χ4v) is 1.96. The molecule has 3 nitrogen and oxygen atoms in total. The number of nitrogens with zero attached hydrogens (tertiary/aromatic N) is 3. The van der Waals surface area contributed by atoms with Gasteiger partial charge in [0.2, 0.25) is 0 Å². The van der Waals surface area contributed by atoms with E-state index in [2.05, 4.69) is 27.4 Å². The van der Waals surface area contributed by atoms with E-state index in [1.54, 1.807) is 6.20 Å². The third kappa shape index (κ3) is 2.95. The molecule has 0 spiro atoms. The van der Waals surface area contributed by atoms with Crippen LogP contribution in [0.1, 0.15) is 11.3 Å². The smallest absolute Gasteiger partial charge is 0.159 e. The summed E-state index contributed by atoms with van der Waals surface area (Å²) >= 11 is 0. The van der Waals surface area contributed by atoms with E-state index in [0.29, 0.717) is 6.54 Å². The molecule has 93 valence electrons. The molecule has 0 saturated carbocycles. The highest BCUT2D eigenvalue weighted by atomic mass is 14.9. The highest BCUT2D eigenvalue weighted by Gasteiger charge is 1.99. The molecule has 0 atom stereocenters. The normalized spacial score (nSPS) is 10.7. The van der Waals surface area contributed by atoms with E-state index in [-0.39, 0.29) is 0 Å². The van der Waals surface area contributed by atoms with Crippen molar-refractivity contribution in [2.24, 2.45) is 0 Å². The summed E-state index contributed by atoms with van der Waals surface area (Å²) in [6.07, 6.45) is 1.76. The number of aromatic nitrogens is 2. The van der Waals surface area contributed by atoms with Crippen LogP contribution < -0.4 is 5.32 Å². The molecule has 3 heteroatoms. The van der Waals surface area contributed by atoms with Gasteiger partial charge in [0.05, 0.1) is 12.2 Å². The molecule has 3 rings (SSSR count). The van der Waals surface area contributed by atoms with Gasteiger partial charge < -0.3 is 0 Å². The van der Waals surface area contributed by atoms with Crippen molar-refractivity contribution in [1.29, 1.82) is 0 Å². The van der Waals surface area contributed by atoms with Gasteiger partial charge in [-0.1, -0.05) is 30.3 Å². The van der Waals surface area contributed by atoms with Crippen molar-refractivity contribution in [2.75, 3.05) is 0 Å². The van der Waals surface area contributed by atoms with E-state index >= 15 is 0 Å². The van der Waals surface area contributed by atoms with Crippen molar-refractivity contribution in [3.8, 4) is 0 Å². The number of benzene rings is 1. The fourth-order valence-electron chi connectivity index (χ4n) is 1.96. The van der Waals surface area contributed by atoms with Crippen LogP contribution in [0, 0.1) is 0 Å². The van der Waals surface area contributed by atoms with Crippen LogP contribution in [0.2, 0.25) is 0 Å². The Labute approximate surface area is 112 Å². The van der Waals surface area contributed by atoms with Crippen LogP contribution in [-0.2, 0) is 13.1 Å². The summed E-state index contributed by atoms with van der Waals surface area (Å²) in [5, 5.41) is 5.59. The van der Waals surface area contributed by atoms with Gasteiger partial charge in [-0.2, -0.15) is 0 Å². The molecule has 3 aromatic rings. The zero-order valence-electron chi connectivity index (χ0n) is 10.5. The number of pyridine rings is 2. The fraction of sp³-hybridized carbons (Fsp3) is 0.125. The van der Waals surface area contributed by atoms with E-state index in [1.807, 2.05) is 42.5 Å². The van der Waals surface area contributed by atoms with E-state index in [4.69, 9.17) is 0 Å². The highest BCUT2D eigenvalue weighted by Crippen LogP contribution is 2.09. The second-order valence-electron chi connectivity index (χ2n) is 4.38. The van der Waals surface area contributed by atoms with Crippen molar-refractivity contribution in [3.05, 3.63) is 72.1 Å². The van der Waals surface area contributed by atoms with Crippen LogP contribution >= 0.6 is 0 Å². The van der Waals surface area contributed by atoms with E-state index < -0.39 is 0 Å². The third-order valence-electron chi connectivity index (χ3n) is 2.93. The Hall–Kier alpha value is -2.26. The SMILES string of the molecule is c1ccc(C[N]Cc2ccc3cccnc3n2)cc1. The molecule has 1 radical (unpaired) electrons. The molecule has 1 aromatic carbocycles. The lowest BCUT2D eigenvalue weighted by Gasteiger charge is -2.03. The molecule has 0 aliphatic heterocycles. The summed E-state index contributed by atoms with van der Waals surface area (Å²) in [6.45, 7) is 1.35. The molecule has 2 aromatic heterocycles. The van der Waals surface area contributed by atoms with Gasteiger partial charge in [0, 0.05) is 18.1 Å². The number of rotatable bonds is 4. The summed E-state index contributed by atoms with van der Waals surface area (Å²) < 4.78 is 0. The van der Waals surface area contributed by atoms with Crippen molar-refractivity contribution >= 4 is 11.0 Å². The first-order valence-electron chi connectivity index (χ1n) is 6.30. The average Bonchev–Trinajstić information content (AvgIpc) is 2.48. The minimum atomic E-state index is 0.626. The molecule has 0 saturated heterocycles. The van der Waals surface area contributed by atoms with Crippen LogP contribution in [0.15, 0.2) is 60.8 Å². The van der Waals surface area contributed by atoms with Crippen molar-refractivity contribution in [2.45, 2.75) is 13.1 Å². The van der Waals surface area contributed by atoms with Crippen LogP contribution in [0.25, 0.3) is 11.0 Å². The predicted molar refractivity (Wildman–Crippen MR) is 75.5 cm³/mol. The average molecular weight is 248 g/mol. The lowest BCUT2D eigenvalue weighted by Crippen LogP contribution is -2.06. The molecule has 19 heavy (non-hydrogen) atoms. The molecular weight excluding hydrogens is 234 g/mol. The third-order valence-corrected chi connectivity index (χ3v) is 2.93. The first-order chi connectivity index (χ1) is 9.42. The van der Waals surface area contributed by atoms with Crippen molar-refractivity contribution in [1.82, 2.24) is 15.3 Å². The summed E-state index contributed by atoms with van der Waals surface area (Å²) in [7, 11) is 0. The Kier molecular flexibility index (Phi) is 3.47. The minimum Gasteiger partial charge on any atom is -0.237 e. The van der Waals surface area contributed by atoms with Gasteiger partial charge in [-0.3, -0.25) is 0 Å². The first kappa shape index (κ1) is 11.8. The van der Waals surface area contributed by atoms with E-state index in [9.17, 15) is 0 Å². The number of hydrogen-bond donors (Lipinski definition) is 0. The summed E-state index contributed by atoms with van der Waals surface area (Å²) in [6, 6.07) is 18.2. The molecule has 0 aliphatic carbocycles. The van der Waals surface area contributed by atoms with Crippen molar-refractivity contribution in [3.63, 3.8) is 0 Å². The molecule has 0 aliphatic rings. The predicted octanol–water partition coefficient (Wildman–Crippen LogP) is 2.93. The van der Waals surface area contributed by atoms with Crippen molar-refractivity contribution < 1.29 is 0 Å². The second kappa shape index (κ2) is 5.59. The Morgan fingerprint density at radius 2 is 1.74 bits per heavy atom. The van der Waals surface area contributed by atoms with Crippen LogP contribution in [0.3, 0.4) is 0 Å². The Morgan fingerprint density at radius 3 is 2.63 bits per heavy atom. The second-order valence-corrected chi connectivity index (χ2v) is 4.38. The molecule has 0 bridgehead atoms. The lowest BCUT2D eigenvalue weighted by molar-refractivity contribution is 0.665. The highest BCUT2D eigenvalue weighted by molar-refractivity contribution is 5.74. The molecule has 0 unspecified atom stereocenters. The van der Waals surface area contributed by atoms with Crippen LogP contribution in [0.4, 0.5) is 0 Å². The summed E-state index contributed by atoms with van der Waals surface area (Å²) in [4.78, 5) is 8.76. The molecular formula is C16H14N3. The lowest BCUT2D eigenvalue weighted by atomic mass is 10.2. The quantitative estimate of drug-likeness (QED) is 0.712. The Balaban J connectivity index is 1.65. The minimum absolute atomic E-state index is 0.626. The van der Waals surface area contributed by atoms with Crippen LogP contribution in [0.5, 0.6) is 0 Å². The standard InChI is InChI=1S/C16H14N3/c1-2-5-13(6-3-1)11-17-12-15-9-8-14-7-4-10-18-16(14)19-15/h1-10H,11-12H2. The van der Waals surface area contributed by atoms with Gasteiger partial charge in [0.1, 0.15) is 0 Å².